The molecule has 228 valence electrons. The molecule has 0 radical (unpaired) electrons. The molecule has 4 heteroatoms. The van der Waals surface area contributed by atoms with Gasteiger partial charge in [0.05, 0.1) is 5.41 Å². The molecule has 1 aliphatic carbocycles. The maximum Gasteiger partial charge on any atom is 0.209 e. The topological polar surface area (TPSA) is 6.25 Å². The molecule has 2 aliphatic heterocycles. The molecule has 0 amide bonds. The summed E-state index contributed by atoms with van der Waals surface area (Å²) in [7, 11) is 0. The Labute approximate surface area is 286 Å². The number of fused-ring (bicyclic) bond motifs is 2. The fourth-order valence-corrected chi connectivity index (χ4v) is 8.41. The molecular formula is C40H45IN2S. The largest absolute Gasteiger partial charge is 1.00 e. The van der Waals surface area contributed by atoms with E-state index in [1.54, 1.807) is 0 Å². The van der Waals surface area contributed by atoms with Crippen molar-refractivity contribution in [2.45, 2.75) is 76.5 Å². The number of para-hydroxylation sites is 2. The van der Waals surface area contributed by atoms with E-state index in [4.69, 9.17) is 0 Å². The summed E-state index contributed by atoms with van der Waals surface area (Å²) >= 11 is 1.93. The number of hydrogen-bond donors (Lipinski definition) is 0. The van der Waals surface area contributed by atoms with Gasteiger partial charge in [-0.25, -0.2) is 0 Å². The molecule has 0 aromatic heterocycles. The molecule has 0 unspecified atom stereocenters. The molecule has 0 bridgehead atoms. The van der Waals surface area contributed by atoms with Gasteiger partial charge in [-0.1, -0.05) is 92.4 Å². The van der Waals surface area contributed by atoms with Crippen molar-refractivity contribution in [3.8, 4) is 0 Å². The van der Waals surface area contributed by atoms with E-state index in [1.165, 1.54) is 61.3 Å². The van der Waals surface area contributed by atoms with E-state index < -0.39 is 0 Å². The van der Waals surface area contributed by atoms with Crippen molar-refractivity contribution in [3.05, 3.63) is 136 Å². The quantitative estimate of drug-likeness (QED) is 0.185. The van der Waals surface area contributed by atoms with Gasteiger partial charge in [-0.15, -0.1) is 0 Å². The van der Waals surface area contributed by atoms with Crippen LogP contribution in [0.1, 0.15) is 71.9 Å². The molecule has 2 nitrogen and oxygen atoms in total. The molecule has 6 rings (SSSR count). The molecule has 0 saturated carbocycles. The van der Waals surface area contributed by atoms with Crippen LogP contribution < -0.4 is 28.9 Å². The average Bonchev–Trinajstić information content (AvgIpc) is 3.38. The van der Waals surface area contributed by atoms with Crippen molar-refractivity contribution in [2.24, 2.45) is 0 Å². The molecule has 44 heavy (non-hydrogen) atoms. The van der Waals surface area contributed by atoms with E-state index in [9.17, 15) is 0 Å². The van der Waals surface area contributed by atoms with Crippen LogP contribution in [0.3, 0.4) is 0 Å². The molecule has 0 atom stereocenters. The number of benzene rings is 3. The van der Waals surface area contributed by atoms with Crippen LogP contribution in [0.4, 0.5) is 11.4 Å². The van der Waals surface area contributed by atoms with E-state index in [-0.39, 0.29) is 34.8 Å². The summed E-state index contributed by atoms with van der Waals surface area (Å²) in [6.45, 7) is 15.9. The van der Waals surface area contributed by atoms with Gasteiger partial charge in [0, 0.05) is 50.9 Å². The van der Waals surface area contributed by atoms with Crippen LogP contribution in [-0.2, 0) is 10.8 Å². The smallest absolute Gasteiger partial charge is 0.209 e. The zero-order chi connectivity index (χ0) is 30.2. The molecular weight excluding hydrogens is 667 g/mol. The van der Waals surface area contributed by atoms with Crippen LogP contribution in [0, 0.1) is 0 Å². The summed E-state index contributed by atoms with van der Waals surface area (Å²) in [4.78, 5) is 5.21. The lowest BCUT2D eigenvalue weighted by molar-refractivity contribution is -0.433. The highest BCUT2D eigenvalue weighted by Crippen LogP contribution is 2.48. The Morgan fingerprint density at radius 1 is 0.773 bits per heavy atom. The minimum absolute atomic E-state index is 0. The lowest BCUT2D eigenvalue weighted by Crippen LogP contribution is -3.00. The second kappa shape index (κ2) is 13.3. The lowest BCUT2D eigenvalue weighted by Gasteiger charge is -2.26. The highest BCUT2D eigenvalue weighted by Gasteiger charge is 2.43. The highest BCUT2D eigenvalue weighted by molar-refractivity contribution is 8.03. The Balaban J connectivity index is 0.00000384. The number of hydrogen-bond acceptors (Lipinski definition) is 2. The van der Waals surface area contributed by atoms with Crippen LogP contribution >= 0.6 is 11.8 Å². The van der Waals surface area contributed by atoms with Crippen LogP contribution in [0.25, 0.3) is 0 Å². The molecule has 3 aromatic carbocycles. The van der Waals surface area contributed by atoms with E-state index in [2.05, 4.69) is 154 Å². The van der Waals surface area contributed by atoms with Gasteiger partial charge in [-0.2, -0.15) is 4.58 Å². The molecule has 0 fully saturated rings. The van der Waals surface area contributed by atoms with Gasteiger partial charge in [0.2, 0.25) is 5.69 Å². The van der Waals surface area contributed by atoms with Gasteiger partial charge in [-0.3, -0.25) is 0 Å². The van der Waals surface area contributed by atoms with Crippen LogP contribution in [0.2, 0.25) is 0 Å². The molecule has 0 saturated heterocycles. The van der Waals surface area contributed by atoms with Crippen molar-refractivity contribution < 1.29 is 28.6 Å². The summed E-state index contributed by atoms with van der Waals surface area (Å²) in [6, 6.07) is 28.7. The maximum absolute atomic E-state index is 2.50. The third-order valence-corrected chi connectivity index (χ3v) is 10.8. The van der Waals surface area contributed by atoms with E-state index in [1.807, 2.05) is 11.8 Å². The van der Waals surface area contributed by atoms with Crippen molar-refractivity contribution in [1.82, 2.24) is 0 Å². The summed E-state index contributed by atoms with van der Waals surface area (Å²) in [5, 5.41) is 0. The normalized spacial score (nSPS) is 20.5. The van der Waals surface area contributed by atoms with Crippen LogP contribution in [0.15, 0.2) is 130 Å². The van der Waals surface area contributed by atoms with Gasteiger partial charge in [0.25, 0.3) is 0 Å². The fourth-order valence-electron chi connectivity index (χ4n) is 7.28. The first kappa shape index (κ1) is 32.6. The van der Waals surface area contributed by atoms with Gasteiger partial charge in [-0.05, 0) is 87.9 Å². The number of thioether (sulfide) groups is 1. The monoisotopic (exact) mass is 712 g/mol. The Hall–Kier alpha value is -2.83. The SMILES string of the molecule is CCN1/C(=C/C=C2\CCCC(/C=C/C3=[N+](CC)c4ccccc4C3(C)C)=C2Sc2ccccc2)C(C)(C)c2ccccc21.[I-]. The van der Waals surface area contributed by atoms with Gasteiger partial charge >= 0.3 is 0 Å². The summed E-state index contributed by atoms with van der Waals surface area (Å²) in [5.41, 5.74) is 11.1. The predicted octanol–water partition coefficient (Wildman–Crippen LogP) is 7.50. The Morgan fingerprint density at radius 3 is 2.18 bits per heavy atom. The Kier molecular flexibility index (Phi) is 9.81. The number of halogens is 1. The van der Waals surface area contributed by atoms with Gasteiger partial charge < -0.3 is 28.9 Å². The Bertz CT molecular complexity index is 1690. The van der Waals surface area contributed by atoms with E-state index in [0.717, 1.165) is 25.9 Å². The summed E-state index contributed by atoms with van der Waals surface area (Å²) < 4.78 is 2.50. The lowest BCUT2D eigenvalue weighted by atomic mass is 9.81. The second-order valence-corrected chi connectivity index (χ2v) is 13.9. The third kappa shape index (κ3) is 5.80. The van der Waals surface area contributed by atoms with Crippen molar-refractivity contribution in [2.75, 3.05) is 18.0 Å². The minimum atomic E-state index is -0.0270. The van der Waals surface area contributed by atoms with Crippen molar-refractivity contribution in [1.29, 1.82) is 0 Å². The number of nitrogens with zero attached hydrogens (tertiary/aromatic N) is 2. The van der Waals surface area contributed by atoms with Crippen LogP contribution in [-0.4, -0.2) is 23.4 Å². The maximum atomic E-state index is 2.50. The number of likely N-dealkylation sites (N-methyl/N-ethyl adjacent to an activating group) is 1. The van der Waals surface area contributed by atoms with Crippen LogP contribution in [0.5, 0.6) is 0 Å². The zero-order valence-corrected chi connectivity index (χ0v) is 30.0. The number of rotatable bonds is 7. The number of anilines is 1. The van der Waals surface area contributed by atoms with Gasteiger partial charge in [0.15, 0.2) is 5.71 Å². The van der Waals surface area contributed by atoms with Crippen molar-refractivity contribution in [3.63, 3.8) is 0 Å². The molecule has 3 aliphatic rings. The summed E-state index contributed by atoms with van der Waals surface area (Å²) in [6.07, 6.45) is 13.1. The van der Waals surface area contributed by atoms with E-state index >= 15 is 0 Å². The number of allylic oxidation sites excluding steroid dienone is 7. The second-order valence-electron chi connectivity index (χ2n) is 12.9. The zero-order valence-electron chi connectivity index (χ0n) is 27.0. The molecule has 0 spiro atoms. The fraction of sp³-hybridized carbons (Fsp3) is 0.325. The standard InChI is InChI=1S/C40H45N2S.HI/c1-7-41-34-23-14-12-21-32(34)39(3,4)36(41)27-25-29-17-16-18-30(38(29)43-31-19-10-9-11-20-31)26-28-37-40(5,6)33-22-13-15-24-35(33)42(37)8-2;/h9-15,19-28H,7-8,16-18H2,1-6H3;1H/q+1;/p-1. The van der Waals surface area contributed by atoms with E-state index in [0.29, 0.717) is 0 Å². The first-order chi connectivity index (χ1) is 20.8. The molecule has 0 N–H and O–H groups in total. The average molecular weight is 713 g/mol. The molecule has 3 aromatic rings. The summed E-state index contributed by atoms with van der Waals surface area (Å²) in [5.74, 6) is 0. The first-order valence-corrected chi connectivity index (χ1v) is 16.8. The van der Waals surface area contributed by atoms with Gasteiger partial charge in [0.1, 0.15) is 6.54 Å². The minimum Gasteiger partial charge on any atom is -1.00 e. The van der Waals surface area contributed by atoms with Crippen molar-refractivity contribution >= 4 is 28.8 Å². The predicted molar refractivity (Wildman–Crippen MR) is 186 cm³/mol. The first-order valence-electron chi connectivity index (χ1n) is 15.9. The third-order valence-electron chi connectivity index (χ3n) is 9.55. The highest BCUT2D eigenvalue weighted by atomic mass is 127. The Morgan fingerprint density at radius 2 is 1.45 bits per heavy atom. The molecule has 2 heterocycles.